The van der Waals surface area contributed by atoms with Gasteiger partial charge < -0.3 is 20.9 Å². The molecule has 2 aromatic carbocycles. The number of rotatable bonds is 11. The number of benzene rings is 2. The van der Waals surface area contributed by atoms with Crippen LogP contribution in [0.5, 0.6) is 0 Å². The molecule has 1 heterocycles. The Hall–Kier alpha value is -3.35. The Morgan fingerprint density at radius 2 is 1.29 bits per heavy atom. The Bertz CT molecular complexity index is 1100. The maximum atomic E-state index is 13.6. The molecule has 2 atom stereocenters. The highest BCUT2D eigenvalue weighted by Gasteiger charge is 2.30. The molecule has 1 saturated heterocycles. The number of amides is 4. The van der Waals surface area contributed by atoms with Gasteiger partial charge in [0.15, 0.2) is 0 Å². The Morgan fingerprint density at radius 3 is 1.85 bits per heavy atom. The van der Waals surface area contributed by atoms with E-state index in [4.69, 9.17) is 0 Å². The average Bonchev–Trinajstić information content (AvgIpc) is 3.21. The van der Waals surface area contributed by atoms with Crippen molar-refractivity contribution in [2.45, 2.75) is 104 Å². The number of aryl methyl sites for hydroxylation is 2. The summed E-state index contributed by atoms with van der Waals surface area (Å²) in [7, 11) is 0. The summed E-state index contributed by atoms with van der Waals surface area (Å²) in [5, 5.41) is 9.00. The molecule has 224 valence electrons. The van der Waals surface area contributed by atoms with Gasteiger partial charge in [0, 0.05) is 25.0 Å². The van der Waals surface area contributed by atoms with Crippen LogP contribution in [0.4, 0.5) is 4.79 Å². The highest BCUT2D eigenvalue weighted by atomic mass is 16.2. The summed E-state index contributed by atoms with van der Waals surface area (Å²) >= 11 is 0. The lowest BCUT2D eigenvalue weighted by molar-refractivity contribution is -0.130. The molecule has 0 aliphatic carbocycles. The third-order valence-corrected chi connectivity index (χ3v) is 7.35. The molecule has 0 radical (unpaired) electrons. The number of hydrogen-bond acceptors (Lipinski definition) is 3. The van der Waals surface area contributed by atoms with Crippen molar-refractivity contribution in [1.82, 2.24) is 20.9 Å². The average molecular weight is 563 g/mol. The van der Waals surface area contributed by atoms with E-state index in [-0.39, 0.29) is 23.8 Å². The summed E-state index contributed by atoms with van der Waals surface area (Å²) < 4.78 is 0. The standard InChI is InChI=1S/C34H50N4O3/c1-25(2)23-29(36-33(41)38-21-11-6-7-12-22-38)31(39)35-30(32(40)37-34(3,4)5)24-28-19-17-27(18-20-28)16-15-26-13-9-8-10-14-26/h8-10,13-14,17-20,25,29-30H,6-7,11-12,15-16,21-24H2,1-5H3,(H,35,39)(H,36,41)(H,37,40). The molecule has 41 heavy (non-hydrogen) atoms. The van der Waals surface area contributed by atoms with Gasteiger partial charge in [0.25, 0.3) is 0 Å². The molecule has 4 amide bonds. The van der Waals surface area contributed by atoms with Gasteiger partial charge in [0.1, 0.15) is 12.1 Å². The lowest BCUT2D eigenvalue weighted by atomic mass is 9.98. The second-order valence-electron chi connectivity index (χ2n) is 12.8. The summed E-state index contributed by atoms with van der Waals surface area (Å²) in [5.74, 6) is -0.364. The van der Waals surface area contributed by atoms with E-state index in [1.54, 1.807) is 0 Å². The Morgan fingerprint density at radius 1 is 0.732 bits per heavy atom. The van der Waals surface area contributed by atoms with E-state index >= 15 is 0 Å². The lowest BCUT2D eigenvalue weighted by Crippen LogP contribution is -2.58. The number of urea groups is 1. The summed E-state index contributed by atoms with van der Waals surface area (Å²) in [6.07, 6.45) is 6.96. The fourth-order valence-electron chi connectivity index (χ4n) is 5.17. The molecule has 3 N–H and O–H groups in total. The first-order valence-corrected chi connectivity index (χ1v) is 15.3. The maximum Gasteiger partial charge on any atom is 0.318 e. The van der Waals surface area contributed by atoms with Crippen LogP contribution in [0, 0.1) is 5.92 Å². The first-order chi connectivity index (χ1) is 19.5. The third-order valence-electron chi connectivity index (χ3n) is 7.35. The van der Waals surface area contributed by atoms with Crippen LogP contribution in [-0.4, -0.2) is 53.5 Å². The largest absolute Gasteiger partial charge is 0.350 e. The van der Waals surface area contributed by atoms with Gasteiger partial charge in [-0.15, -0.1) is 0 Å². The van der Waals surface area contributed by atoms with Crippen LogP contribution in [0.25, 0.3) is 0 Å². The van der Waals surface area contributed by atoms with Crippen LogP contribution >= 0.6 is 0 Å². The minimum absolute atomic E-state index is 0.195. The smallest absolute Gasteiger partial charge is 0.318 e. The normalized spacial score (nSPS) is 15.5. The van der Waals surface area contributed by atoms with Gasteiger partial charge in [-0.3, -0.25) is 9.59 Å². The first-order valence-electron chi connectivity index (χ1n) is 15.3. The molecule has 0 aromatic heterocycles. The molecule has 1 fully saturated rings. The van der Waals surface area contributed by atoms with Crippen molar-refractivity contribution < 1.29 is 14.4 Å². The molecule has 1 aliphatic heterocycles. The number of nitrogens with zero attached hydrogens (tertiary/aromatic N) is 1. The van der Waals surface area contributed by atoms with E-state index in [1.807, 2.05) is 57.7 Å². The van der Waals surface area contributed by atoms with Crippen LogP contribution in [0.3, 0.4) is 0 Å². The van der Waals surface area contributed by atoms with Gasteiger partial charge in [-0.25, -0.2) is 4.79 Å². The molecular weight excluding hydrogens is 512 g/mol. The van der Waals surface area contributed by atoms with Crippen molar-refractivity contribution in [2.75, 3.05) is 13.1 Å². The van der Waals surface area contributed by atoms with Gasteiger partial charge in [-0.2, -0.15) is 0 Å². The maximum absolute atomic E-state index is 13.6. The van der Waals surface area contributed by atoms with Crippen molar-refractivity contribution in [3.63, 3.8) is 0 Å². The second kappa shape index (κ2) is 15.6. The Kier molecular flexibility index (Phi) is 12.2. The van der Waals surface area contributed by atoms with E-state index in [1.165, 1.54) is 11.1 Å². The van der Waals surface area contributed by atoms with Gasteiger partial charge in [0.2, 0.25) is 11.8 Å². The van der Waals surface area contributed by atoms with Crippen molar-refractivity contribution in [3.05, 3.63) is 71.3 Å². The number of nitrogens with one attached hydrogen (secondary N) is 3. The summed E-state index contributed by atoms with van der Waals surface area (Å²) in [6.45, 7) is 11.2. The fourth-order valence-corrected chi connectivity index (χ4v) is 5.17. The first kappa shape index (κ1) is 32.2. The van der Waals surface area contributed by atoms with E-state index < -0.39 is 17.6 Å². The second-order valence-corrected chi connectivity index (χ2v) is 12.8. The Labute approximate surface area is 246 Å². The SMILES string of the molecule is CC(C)CC(NC(=O)N1CCCCCC1)C(=O)NC(Cc1ccc(CCc2ccccc2)cc1)C(=O)NC(C)(C)C. The van der Waals surface area contributed by atoms with Gasteiger partial charge in [0.05, 0.1) is 0 Å². The summed E-state index contributed by atoms with van der Waals surface area (Å²) in [5.41, 5.74) is 3.05. The molecule has 3 rings (SSSR count). The van der Waals surface area contributed by atoms with Crippen molar-refractivity contribution in [1.29, 1.82) is 0 Å². The summed E-state index contributed by atoms with van der Waals surface area (Å²) in [4.78, 5) is 41.8. The van der Waals surface area contributed by atoms with E-state index in [9.17, 15) is 14.4 Å². The number of carbonyl (C=O) groups excluding carboxylic acids is 3. The number of likely N-dealkylation sites (tertiary alicyclic amines) is 1. The van der Waals surface area contributed by atoms with E-state index in [0.717, 1.165) is 44.1 Å². The molecule has 2 aromatic rings. The Balaban J connectivity index is 1.70. The molecule has 1 aliphatic rings. The number of hydrogen-bond donors (Lipinski definition) is 3. The van der Waals surface area contributed by atoms with Crippen LogP contribution in [0.1, 0.15) is 83.4 Å². The number of carbonyl (C=O) groups is 3. The molecule has 0 saturated carbocycles. The zero-order valence-corrected chi connectivity index (χ0v) is 25.7. The minimum atomic E-state index is -0.762. The molecule has 7 heteroatoms. The lowest BCUT2D eigenvalue weighted by Gasteiger charge is -2.29. The van der Waals surface area contributed by atoms with Crippen molar-refractivity contribution in [3.8, 4) is 0 Å². The van der Waals surface area contributed by atoms with Gasteiger partial charge in [-0.1, -0.05) is 81.3 Å². The van der Waals surface area contributed by atoms with Gasteiger partial charge >= 0.3 is 6.03 Å². The molecule has 0 bridgehead atoms. The molecule has 0 spiro atoms. The predicted molar refractivity (Wildman–Crippen MR) is 166 cm³/mol. The monoisotopic (exact) mass is 562 g/mol. The topological polar surface area (TPSA) is 90.5 Å². The zero-order valence-electron chi connectivity index (χ0n) is 25.7. The van der Waals surface area contributed by atoms with Crippen LogP contribution in [0.2, 0.25) is 0 Å². The van der Waals surface area contributed by atoms with Crippen LogP contribution in [-0.2, 0) is 28.9 Å². The fraction of sp³-hybridized carbons (Fsp3) is 0.559. The van der Waals surface area contributed by atoms with Crippen molar-refractivity contribution in [2.24, 2.45) is 5.92 Å². The quantitative estimate of drug-likeness (QED) is 0.342. The molecule has 7 nitrogen and oxygen atoms in total. The summed E-state index contributed by atoms with van der Waals surface area (Å²) in [6, 6.07) is 17.0. The minimum Gasteiger partial charge on any atom is -0.350 e. The van der Waals surface area contributed by atoms with E-state index in [2.05, 4.69) is 52.3 Å². The van der Waals surface area contributed by atoms with Gasteiger partial charge in [-0.05, 0) is 75.5 Å². The van der Waals surface area contributed by atoms with Crippen molar-refractivity contribution >= 4 is 17.8 Å². The molecule has 2 unspecified atom stereocenters. The van der Waals surface area contributed by atoms with Crippen LogP contribution < -0.4 is 16.0 Å². The van der Waals surface area contributed by atoms with Crippen LogP contribution in [0.15, 0.2) is 54.6 Å². The third kappa shape index (κ3) is 11.6. The van der Waals surface area contributed by atoms with E-state index in [0.29, 0.717) is 25.9 Å². The highest BCUT2D eigenvalue weighted by Crippen LogP contribution is 2.14. The zero-order chi connectivity index (χ0) is 29.8. The predicted octanol–water partition coefficient (Wildman–Crippen LogP) is 5.41. The molecular formula is C34H50N4O3. The highest BCUT2D eigenvalue weighted by molar-refractivity contribution is 5.92.